The van der Waals surface area contributed by atoms with Gasteiger partial charge in [0.2, 0.25) is 0 Å². The second kappa shape index (κ2) is 4.73. The molecule has 1 aromatic carbocycles. The molecule has 1 N–H and O–H groups in total. The first-order valence-electron chi connectivity index (χ1n) is 5.00. The smallest absolute Gasteiger partial charge is 0.0683 e. The van der Waals surface area contributed by atoms with Crippen molar-refractivity contribution < 1.29 is 5.11 Å². The third kappa shape index (κ3) is 3.10. The first kappa shape index (κ1) is 12.8. The van der Waals surface area contributed by atoms with Gasteiger partial charge in [0.25, 0.3) is 0 Å². The van der Waals surface area contributed by atoms with Crippen LogP contribution in [0.25, 0.3) is 0 Å². The van der Waals surface area contributed by atoms with Gasteiger partial charge in [-0.05, 0) is 24.5 Å². The van der Waals surface area contributed by atoms with E-state index >= 15 is 0 Å². The van der Waals surface area contributed by atoms with Crippen LogP contribution in [-0.2, 0) is 6.42 Å². The zero-order valence-corrected chi connectivity index (χ0v) is 10.7. The molecule has 0 amide bonds. The number of hydrogen-bond acceptors (Lipinski definition) is 1. The summed E-state index contributed by atoms with van der Waals surface area (Å²) in [6.45, 7) is 5.78. The van der Waals surface area contributed by atoms with E-state index < -0.39 is 5.60 Å². The Kier molecular flexibility index (Phi) is 4.05. The Morgan fingerprint density at radius 3 is 2.47 bits per heavy atom. The van der Waals surface area contributed by atoms with Crippen molar-refractivity contribution in [3.05, 3.63) is 33.8 Å². The fraction of sp³-hybridized carbons (Fsp3) is 0.500. The van der Waals surface area contributed by atoms with Crippen LogP contribution in [0.5, 0.6) is 0 Å². The van der Waals surface area contributed by atoms with Gasteiger partial charge < -0.3 is 5.11 Å². The number of benzene rings is 1. The SMILES string of the molecule is CC(C)C(C)(O)Cc1cccc(Cl)c1Cl. The normalized spacial score (nSPS) is 15.4. The van der Waals surface area contributed by atoms with Crippen molar-refractivity contribution in [3.8, 4) is 0 Å². The fourth-order valence-corrected chi connectivity index (χ4v) is 1.66. The van der Waals surface area contributed by atoms with Crippen LogP contribution in [0, 0.1) is 5.92 Å². The van der Waals surface area contributed by atoms with Gasteiger partial charge >= 0.3 is 0 Å². The Hall–Kier alpha value is -0.240. The summed E-state index contributed by atoms with van der Waals surface area (Å²) in [5, 5.41) is 11.2. The van der Waals surface area contributed by atoms with E-state index in [-0.39, 0.29) is 5.92 Å². The van der Waals surface area contributed by atoms with Crippen molar-refractivity contribution in [3.63, 3.8) is 0 Å². The topological polar surface area (TPSA) is 20.2 Å². The van der Waals surface area contributed by atoms with Gasteiger partial charge in [-0.25, -0.2) is 0 Å². The summed E-state index contributed by atoms with van der Waals surface area (Å²) in [7, 11) is 0. The predicted octanol–water partition coefficient (Wildman–Crippen LogP) is 3.94. The summed E-state index contributed by atoms with van der Waals surface area (Å²) in [6, 6.07) is 5.49. The highest BCUT2D eigenvalue weighted by Crippen LogP contribution is 2.30. The fourth-order valence-electron chi connectivity index (χ4n) is 1.27. The zero-order valence-electron chi connectivity index (χ0n) is 9.22. The Morgan fingerprint density at radius 1 is 1.33 bits per heavy atom. The summed E-state index contributed by atoms with van der Waals surface area (Å²) < 4.78 is 0. The van der Waals surface area contributed by atoms with Crippen LogP contribution in [0.4, 0.5) is 0 Å². The third-order valence-corrected chi connectivity index (χ3v) is 3.68. The van der Waals surface area contributed by atoms with Crippen LogP contribution >= 0.6 is 23.2 Å². The molecule has 0 aliphatic rings. The standard InChI is InChI=1S/C12H16Cl2O/c1-8(2)12(3,15)7-9-5-4-6-10(13)11(9)14/h4-6,8,15H,7H2,1-3H3. The highest BCUT2D eigenvalue weighted by molar-refractivity contribution is 6.42. The van der Waals surface area contributed by atoms with E-state index in [0.29, 0.717) is 16.5 Å². The van der Waals surface area contributed by atoms with Crippen molar-refractivity contribution in [1.82, 2.24) is 0 Å². The quantitative estimate of drug-likeness (QED) is 0.857. The molecular formula is C12H16Cl2O. The molecule has 0 heterocycles. The van der Waals surface area contributed by atoms with Crippen molar-refractivity contribution in [2.24, 2.45) is 5.92 Å². The average molecular weight is 247 g/mol. The maximum Gasteiger partial charge on any atom is 0.0683 e. The Balaban J connectivity index is 2.95. The Bertz CT molecular complexity index is 345. The molecule has 0 aromatic heterocycles. The second-order valence-corrected chi connectivity index (χ2v) is 5.19. The molecule has 1 aromatic rings. The van der Waals surface area contributed by atoms with Crippen LogP contribution in [0.2, 0.25) is 10.0 Å². The average Bonchev–Trinajstić information content (AvgIpc) is 2.12. The van der Waals surface area contributed by atoms with Gasteiger partial charge in [-0.3, -0.25) is 0 Å². The van der Waals surface area contributed by atoms with Gasteiger partial charge in [-0.15, -0.1) is 0 Å². The lowest BCUT2D eigenvalue weighted by Crippen LogP contribution is -2.33. The molecule has 0 radical (unpaired) electrons. The van der Waals surface area contributed by atoms with E-state index in [1.54, 1.807) is 6.07 Å². The van der Waals surface area contributed by atoms with Crippen LogP contribution in [0.15, 0.2) is 18.2 Å². The van der Waals surface area contributed by atoms with Gasteiger partial charge in [-0.2, -0.15) is 0 Å². The minimum absolute atomic E-state index is 0.174. The summed E-state index contributed by atoms with van der Waals surface area (Å²) in [6.07, 6.45) is 0.518. The largest absolute Gasteiger partial charge is 0.390 e. The molecule has 0 saturated heterocycles. The Labute approximate surface area is 101 Å². The molecular weight excluding hydrogens is 231 g/mol. The van der Waals surface area contributed by atoms with E-state index in [2.05, 4.69) is 0 Å². The Morgan fingerprint density at radius 2 is 1.93 bits per heavy atom. The lowest BCUT2D eigenvalue weighted by Gasteiger charge is -2.28. The minimum atomic E-state index is -0.756. The van der Waals surface area contributed by atoms with Crippen molar-refractivity contribution in [2.45, 2.75) is 32.8 Å². The molecule has 0 fully saturated rings. The van der Waals surface area contributed by atoms with Crippen molar-refractivity contribution >= 4 is 23.2 Å². The van der Waals surface area contributed by atoms with Gasteiger partial charge in [0.1, 0.15) is 0 Å². The van der Waals surface area contributed by atoms with Crippen LogP contribution in [0.1, 0.15) is 26.3 Å². The molecule has 1 unspecified atom stereocenters. The summed E-state index contributed by atoms with van der Waals surface area (Å²) in [5.74, 6) is 0.174. The number of hydrogen-bond donors (Lipinski definition) is 1. The molecule has 1 atom stereocenters. The van der Waals surface area contributed by atoms with Crippen LogP contribution < -0.4 is 0 Å². The van der Waals surface area contributed by atoms with E-state index in [0.717, 1.165) is 5.56 Å². The molecule has 84 valence electrons. The summed E-state index contributed by atoms with van der Waals surface area (Å²) in [4.78, 5) is 0. The lowest BCUT2D eigenvalue weighted by molar-refractivity contribution is 0.0140. The van der Waals surface area contributed by atoms with Crippen LogP contribution in [0.3, 0.4) is 0 Å². The summed E-state index contributed by atoms with van der Waals surface area (Å²) >= 11 is 12.0. The van der Waals surface area contributed by atoms with E-state index in [1.165, 1.54) is 0 Å². The van der Waals surface area contributed by atoms with Gasteiger partial charge in [-0.1, -0.05) is 49.2 Å². The molecule has 0 aliphatic heterocycles. The lowest BCUT2D eigenvalue weighted by atomic mass is 9.86. The number of aliphatic hydroxyl groups is 1. The zero-order chi connectivity index (χ0) is 11.6. The predicted molar refractivity (Wildman–Crippen MR) is 65.6 cm³/mol. The van der Waals surface area contributed by atoms with E-state index in [9.17, 15) is 5.11 Å². The second-order valence-electron chi connectivity index (χ2n) is 4.40. The number of rotatable bonds is 3. The molecule has 1 rings (SSSR count). The molecule has 15 heavy (non-hydrogen) atoms. The van der Waals surface area contributed by atoms with Gasteiger partial charge in [0.15, 0.2) is 0 Å². The highest BCUT2D eigenvalue weighted by atomic mass is 35.5. The highest BCUT2D eigenvalue weighted by Gasteiger charge is 2.26. The number of halogens is 2. The van der Waals surface area contributed by atoms with Crippen molar-refractivity contribution in [2.75, 3.05) is 0 Å². The first-order valence-corrected chi connectivity index (χ1v) is 5.75. The maximum atomic E-state index is 10.2. The summed E-state index contributed by atoms with van der Waals surface area (Å²) in [5.41, 5.74) is 0.136. The molecule has 0 bridgehead atoms. The van der Waals surface area contributed by atoms with Crippen LogP contribution in [-0.4, -0.2) is 10.7 Å². The first-order chi connectivity index (χ1) is 6.84. The van der Waals surface area contributed by atoms with Crippen molar-refractivity contribution in [1.29, 1.82) is 0 Å². The minimum Gasteiger partial charge on any atom is -0.390 e. The molecule has 0 aliphatic carbocycles. The molecule has 0 saturated carbocycles. The molecule has 0 spiro atoms. The van der Waals surface area contributed by atoms with Gasteiger partial charge in [0, 0.05) is 6.42 Å². The van der Waals surface area contributed by atoms with Gasteiger partial charge in [0.05, 0.1) is 15.6 Å². The molecule has 1 nitrogen and oxygen atoms in total. The van der Waals surface area contributed by atoms with E-state index in [1.807, 2.05) is 32.9 Å². The monoisotopic (exact) mass is 246 g/mol. The maximum absolute atomic E-state index is 10.2. The molecule has 3 heteroatoms. The third-order valence-electron chi connectivity index (χ3n) is 2.82. The van der Waals surface area contributed by atoms with E-state index in [4.69, 9.17) is 23.2 Å².